The van der Waals surface area contributed by atoms with Gasteiger partial charge in [0.2, 0.25) is 0 Å². The molecule has 0 heterocycles. The fraction of sp³-hybridized carbons (Fsp3) is 0.455. The van der Waals surface area contributed by atoms with Gasteiger partial charge in [0.15, 0.2) is 0 Å². The normalized spacial score (nSPS) is 12.9. The molecule has 1 unspecified atom stereocenters. The topological polar surface area (TPSA) is 32.3 Å². The molecule has 84 valence electrons. The monoisotopic (exact) mass is 275 g/mol. The third-order valence-corrected chi connectivity index (χ3v) is 3.33. The number of hydrogen-bond acceptors (Lipinski definition) is 2. The summed E-state index contributed by atoms with van der Waals surface area (Å²) in [5, 5.41) is 12.8. The highest BCUT2D eigenvalue weighted by atomic mass is 79.9. The van der Waals surface area contributed by atoms with Crippen molar-refractivity contribution < 1.29 is 9.50 Å². The van der Waals surface area contributed by atoms with Crippen molar-refractivity contribution in [1.29, 1.82) is 0 Å². The van der Waals surface area contributed by atoms with E-state index in [9.17, 15) is 9.50 Å². The third-order valence-electron chi connectivity index (χ3n) is 2.51. The van der Waals surface area contributed by atoms with Gasteiger partial charge in [0.05, 0.1) is 6.10 Å². The van der Waals surface area contributed by atoms with Crippen LogP contribution in [0.2, 0.25) is 0 Å². The van der Waals surface area contributed by atoms with Crippen LogP contribution in [0.25, 0.3) is 0 Å². The molecule has 0 spiro atoms. The van der Waals surface area contributed by atoms with Crippen LogP contribution in [0, 0.1) is 19.7 Å². The summed E-state index contributed by atoms with van der Waals surface area (Å²) in [4.78, 5) is 0. The van der Waals surface area contributed by atoms with Crippen LogP contribution >= 0.6 is 15.9 Å². The summed E-state index contributed by atoms with van der Waals surface area (Å²) < 4.78 is 14.1. The summed E-state index contributed by atoms with van der Waals surface area (Å²) in [6.07, 6.45) is -0.679. The molecule has 0 bridgehead atoms. The number of rotatable bonds is 3. The van der Waals surface area contributed by atoms with Crippen molar-refractivity contribution in [2.24, 2.45) is 0 Å². The summed E-state index contributed by atoms with van der Waals surface area (Å²) in [5.74, 6) is -0.294. The zero-order chi connectivity index (χ0) is 11.6. The van der Waals surface area contributed by atoms with Crippen molar-refractivity contribution in [2.75, 3.05) is 13.6 Å². The highest BCUT2D eigenvalue weighted by Crippen LogP contribution is 2.29. The van der Waals surface area contributed by atoms with Crippen molar-refractivity contribution in [3.8, 4) is 0 Å². The average Bonchev–Trinajstić information content (AvgIpc) is 2.16. The van der Waals surface area contributed by atoms with E-state index in [1.54, 1.807) is 14.0 Å². The molecule has 0 radical (unpaired) electrons. The first-order valence-corrected chi connectivity index (χ1v) is 5.56. The van der Waals surface area contributed by atoms with E-state index in [-0.39, 0.29) is 5.82 Å². The van der Waals surface area contributed by atoms with Crippen molar-refractivity contribution in [3.05, 3.63) is 33.0 Å². The van der Waals surface area contributed by atoms with E-state index in [2.05, 4.69) is 21.2 Å². The minimum Gasteiger partial charge on any atom is -0.387 e. The molecule has 0 aromatic heterocycles. The van der Waals surface area contributed by atoms with Gasteiger partial charge >= 0.3 is 0 Å². The molecular formula is C11H15BrFNO. The molecule has 1 aromatic rings. The Morgan fingerprint density at radius 1 is 1.47 bits per heavy atom. The largest absolute Gasteiger partial charge is 0.387 e. The maximum Gasteiger partial charge on any atom is 0.127 e. The van der Waals surface area contributed by atoms with Gasteiger partial charge in [-0.15, -0.1) is 0 Å². The Balaban J connectivity index is 3.26. The number of aliphatic hydroxyl groups excluding tert-OH is 1. The first-order valence-electron chi connectivity index (χ1n) is 4.76. The Morgan fingerprint density at radius 2 is 2.07 bits per heavy atom. The minimum atomic E-state index is -0.679. The van der Waals surface area contributed by atoms with Crippen molar-refractivity contribution in [2.45, 2.75) is 20.0 Å². The summed E-state index contributed by atoms with van der Waals surface area (Å²) >= 11 is 3.28. The predicted octanol–water partition coefficient (Wildman–Crippen LogP) is 2.46. The van der Waals surface area contributed by atoms with Crippen LogP contribution in [-0.2, 0) is 0 Å². The molecule has 15 heavy (non-hydrogen) atoms. The number of likely N-dealkylation sites (N-methyl/N-ethyl adjacent to an activating group) is 1. The summed E-state index contributed by atoms with van der Waals surface area (Å²) in [7, 11) is 1.75. The van der Waals surface area contributed by atoms with Crippen LogP contribution in [-0.4, -0.2) is 18.7 Å². The summed E-state index contributed by atoms with van der Waals surface area (Å²) in [6.45, 7) is 3.96. The molecule has 0 aliphatic rings. The Labute approximate surface area is 97.6 Å². The first kappa shape index (κ1) is 12.6. The van der Waals surface area contributed by atoms with Gasteiger partial charge in [-0.25, -0.2) is 4.39 Å². The zero-order valence-corrected chi connectivity index (χ0v) is 10.7. The highest BCUT2D eigenvalue weighted by Gasteiger charge is 2.17. The second kappa shape index (κ2) is 5.05. The SMILES string of the molecule is CNCC(O)c1c(C)c(F)cc(Br)c1C. The van der Waals surface area contributed by atoms with Crippen LogP contribution < -0.4 is 5.32 Å². The van der Waals surface area contributed by atoms with E-state index >= 15 is 0 Å². The molecule has 1 rings (SSSR count). The van der Waals surface area contributed by atoms with Crippen molar-refractivity contribution in [3.63, 3.8) is 0 Å². The molecule has 0 saturated carbocycles. The maximum absolute atomic E-state index is 13.5. The summed E-state index contributed by atoms with van der Waals surface area (Å²) in [5.41, 5.74) is 2.06. The van der Waals surface area contributed by atoms with E-state index < -0.39 is 6.10 Å². The second-order valence-corrected chi connectivity index (χ2v) is 4.43. The number of benzene rings is 1. The summed E-state index contributed by atoms with van der Waals surface area (Å²) in [6, 6.07) is 1.43. The zero-order valence-electron chi connectivity index (χ0n) is 9.06. The van der Waals surface area contributed by atoms with Gasteiger partial charge in [0, 0.05) is 11.0 Å². The molecule has 1 aromatic carbocycles. The van der Waals surface area contributed by atoms with Crippen LogP contribution in [0.3, 0.4) is 0 Å². The lowest BCUT2D eigenvalue weighted by Crippen LogP contribution is -2.19. The Morgan fingerprint density at radius 3 is 2.60 bits per heavy atom. The Bertz CT molecular complexity index is 342. The lowest BCUT2D eigenvalue weighted by Gasteiger charge is -2.18. The van der Waals surface area contributed by atoms with Gasteiger partial charge in [-0.05, 0) is 43.7 Å². The van der Waals surface area contributed by atoms with Crippen LogP contribution in [0.4, 0.5) is 4.39 Å². The van der Waals surface area contributed by atoms with E-state index in [1.807, 2.05) is 6.92 Å². The molecule has 2 nitrogen and oxygen atoms in total. The van der Waals surface area contributed by atoms with E-state index in [4.69, 9.17) is 0 Å². The van der Waals surface area contributed by atoms with Crippen LogP contribution in [0.15, 0.2) is 10.5 Å². The van der Waals surface area contributed by atoms with Crippen LogP contribution in [0.1, 0.15) is 22.8 Å². The lowest BCUT2D eigenvalue weighted by molar-refractivity contribution is 0.175. The molecule has 0 aliphatic heterocycles. The minimum absolute atomic E-state index is 0.294. The number of nitrogens with one attached hydrogen (secondary N) is 1. The molecule has 0 fully saturated rings. The smallest absolute Gasteiger partial charge is 0.127 e. The molecular weight excluding hydrogens is 261 g/mol. The van der Waals surface area contributed by atoms with E-state index in [1.165, 1.54) is 6.07 Å². The quantitative estimate of drug-likeness (QED) is 0.888. The highest BCUT2D eigenvalue weighted by molar-refractivity contribution is 9.10. The van der Waals surface area contributed by atoms with Gasteiger partial charge in [0.1, 0.15) is 5.82 Å². The molecule has 0 aliphatic carbocycles. The fourth-order valence-corrected chi connectivity index (χ4v) is 2.08. The van der Waals surface area contributed by atoms with Crippen molar-refractivity contribution in [1.82, 2.24) is 5.32 Å². The van der Waals surface area contributed by atoms with Crippen LogP contribution in [0.5, 0.6) is 0 Å². The molecule has 0 saturated heterocycles. The number of aliphatic hydroxyl groups is 1. The maximum atomic E-state index is 13.5. The van der Waals surface area contributed by atoms with E-state index in [0.29, 0.717) is 22.1 Å². The fourth-order valence-electron chi connectivity index (χ4n) is 1.66. The Hall–Kier alpha value is -0.450. The van der Waals surface area contributed by atoms with E-state index in [0.717, 1.165) is 5.56 Å². The lowest BCUT2D eigenvalue weighted by atomic mass is 9.97. The van der Waals surface area contributed by atoms with Crippen molar-refractivity contribution >= 4 is 15.9 Å². The Kier molecular flexibility index (Phi) is 4.25. The standard InChI is InChI=1S/C11H15BrFNO/c1-6-8(12)4-9(13)7(2)11(6)10(15)5-14-3/h4,10,14-15H,5H2,1-3H3. The molecule has 0 amide bonds. The van der Waals surface area contributed by atoms with Gasteiger partial charge in [-0.3, -0.25) is 0 Å². The second-order valence-electron chi connectivity index (χ2n) is 3.58. The predicted molar refractivity (Wildman–Crippen MR) is 62.5 cm³/mol. The first-order chi connectivity index (χ1) is 6.99. The van der Waals surface area contributed by atoms with Gasteiger partial charge < -0.3 is 10.4 Å². The molecule has 1 atom stereocenters. The molecule has 2 N–H and O–H groups in total. The number of hydrogen-bond donors (Lipinski definition) is 2. The molecule has 4 heteroatoms. The average molecular weight is 276 g/mol. The third kappa shape index (κ3) is 2.56. The van der Waals surface area contributed by atoms with Gasteiger partial charge in [0.25, 0.3) is 0 Å². The number of halogens is 2. The van der Waals surface area contributed by atoms with Gasteiger partial charge in [-0.1, -0.05) is 15.9 Å². The van der Waals surface area contributed by atoms with Gasteiger partial charge in [-0.2, -0.15) is 0 Å².